The van der Waals surface area contributed by atoms with Gasteiger partial charge < -0.3 is 9.47 Å². The number of amides is 1. The number of carbonyl (C=O) groups is 1. The Bertz CT molecular complexity index is 859. The maximum absolute atomic E-state index is 12.4. The van der Waals surface area contributed by atoms with Crippen LogP contribution in [0, 0.1) is 0 Å². The smallest absolute Gasteiger partial charge is 0.264 e. The molecule has 6 nitrogen and oxygen atoms in total. The van der Waals surface area contributed by atoms with Gasteiger partial charge in [0.25, 0.3) is 15.9 Å². The van der Waals surface area contributed by atoms with Gasteiger partial charge in [0, 0.05) is 6.61 Å². The van der Waals surface area contributed by atoms with Gasteiger partial charge >= 0.3 is 0 Å². The summed E-state index contributed by atoms with van der Waals surface area (Å²) in [5.41, 5.74) is 0. The maximum Gasteiger partial charge on any atom is 0.264 e. The summed E-state index contributed by atoms with van der Waals surface area (Å²) in [6.07, 6.45) is 0.973. The van der Waals surface area contributed by atoms with Gasteiger partial charge in [-0.05, 0) is 42.7 Å². The van der Waals surface area contributed by atoms with Crippen LogP contribution in [0.4, 0.5) is 0 Å². The molecule has 0 spiro atoms. The number of ether oxygens (including phenoxy) is 2. The predicted molar refractivity (Wildman–Crippen MR) is 93.7 cm³/mol. The second-order valence-corrected chi connectivity index (χ2v) is 7.77. The zero-order chi connectivity index (χ0) is 17.9. The van der Waals surface area contributed by atoms with E-state index >= 15 is 0 Å². The second-order valence-electron chi connectivity index (χ2n) is 6.09. The summed E-state index contributed by atoms with van der Waals surface area (Å²) in [6.45, 7) is 2.51. The number of nitrogens with one attached hydrogen (secondary N) is 1. The van der Waals surface area contributed by atoms with Crippen LogP contribution in [0.2, 0.25) is 0 Å². The Morgan fingerprint density at radius 2 is 2.04 bits per heavy atom. The molecule has 0 aromatic heterocycles. The summed E-state index contributed by atoms with van der Waals surface area (Å²) in [5.74, 6) is -0.689. The number of carbonyl (C=O) groups excluding carboxylic acids is 1. The fourth-order valence-electron chi connectivity index (χ4n) is 2.71. The van der Waals surface area contributed by atoms with Crippen LogP contribution < -0.4 is 4.72 Å². The van der Waals surface area contributed by atoms with E-state index in [0.717, 1.165) is 23.6 Å². The second kappa shape index (κ2) is 7.51. The van der Waals surface area contributed by atoms with Crippen LogP contribution >= 0.6 is 0 Å². The highest BCUT2D eigenvalue weighted by atomic mass is 32.2. The van der Waals surface area contributed by atoms with E-state index in [1.54, 1.807) is 12.1 Å². The van der Waals surface area contributed by atoms with E-state index in [4.69, 9.17) is 9.47 Å². The monoisotopic (exact) mass is 363 g/mol. The zero-order valence-electron chi connectivity index (χ0n) is 14.0. The van der Waals surface area contributed by atoms with Gasteiger partial charge in [0.05, 0.1) is 17.6 Å². The van der Waals surface area contributed by atoms with E-state index in [2.05, 4.69) is 4.72 Å². The molecular formula is C18H21NO5S. The van der Waals surface area contributed by atoms with Crippen LogP contribution in [0.3, 0.4) is 0 Å². The largest absolute Gasteiger partial charge is 0.376 e. The number of fused-ring (bicyclic) bond motifs is 1. The molecule has 0 saturated carbocycles. The highest BCUT2D eigenvalue weighted by Crippen LogP contribution is 2.19. The number of hydrogen-bond acceptors (Lipinski definition) is 5. The minimum Gasteiger partial charge on any atom is -0.376 e. The van der Waals surface area contributed by atoms with Crippen molar-refractivity contribution in [3.63, 3.8) is 0 Å². The zero-order valence-corrected chi connectivity index (χ0v) is 14.8. The highest BCUT2D eigenvalue weighted by molar-refractivity contribution is 7.90. The normalized spacial score (nSPS) is 19.0. The lowest BCUT2D eigenvalue weighted by Gasteiger charge is -2.16. The van der Waals surface area contributed by atoms with Crippen molar-refractivity contribution >= 4 is 26.7 Å². The molecule has 1 aliphatic rings. The summed E-state index contributed by atoms with van der Waals surface area (Å²) in [4.78, 5) is 12.2. The molecule has 0 bridgehead atoms. The molecule has 2 atom stereocenters. The molecule has 7 heteroatoms. The van der Waals surface area contributed by atoms with Crippen LogP contribution in [0.15, 0.2) is 47.4 Å². The molecule has 1 heterocycles. The number of rotatable bonds is 6. The number of benzene rings is 2. The molecule has 0 unspecified atom stereocenters. The van der Waals surface area contributed by atoms with Gasteiger partial charge in [-0.1, -0.05) is 30.3 Å². The topological polar surface area (TPSA) is 81.7 Å². The van der Waals surface area contributed by atoms with Gasteiger partial charge in [-0.15, -0.1) is 0 Å². The minimum absolute atomic E-state index is 0.0210. The van der Waals surface area contributed by atoms with Crippen LogP contribution in [-0.4, -0.2) is 39.7 Å². The van der Waals surface area contributed by atoms with Crippen molar-refractivity contribution in [1.82, 2.24) is 4.72 Å². The van der Waals surface area contributed by atoms with Crippen molar-refractivity contribution in [3.8, 4) is 0 Å². The molecule has 0 radical (unpaired) electrons. The Morgan fingerprint density at radius 1 is 1.28 bits per heavy atom. The predicted octanol–water partition coefficient (Wildman–Crippen LogP) is 2.23. The van der Waals surface area contributed by atoms with Gasteiger partial charge in [0.15, 0.2) is 0 Å². The van der Waals surface area contributed by atoms with Gasteiger partial charge in [-0.3, -0.25) is 4.79 Å². The van der Waals surface area contributed by atoms with Crippen LogP contribution in [-0.2, 0) is 24.3 Å². The lowest BCUT2D eigenvalue weighted by atomic mass is 10.1. The molecule has 1 aliphatic heterocycles. The van der Waals surface area contributed by atoms with Crippen molar-refractivity contribution in [2.24, 2.45) is 0 Å². The molecule has 0 aliphatic carbocycles. The first-order chi connectivity index (χ1) is 12.0. The number of hydrogen-bond donors (Lipinski definition) is 1. The summed E-state index contributed by atoms with van der Waals surface area (Å²) in [6, 6.07) is 12.2. The van der Waals surface area contributed by atoms with Crippen molar-refractivity contribution in [3.05, 3.63) is 42.5 Å². The Morgan fingerprint density at radius 3 is 2.76 bits per heavy atom. The lowest BCUT2D eigenvalue weighted by Crippen LogP contribution is -2.39. The SMILES string of the molecule is C[C@@H](OC[C@H]1CCCO1)C(=O)NS(=O)(=O)c1ccc2ccccc2c1. The highest BCUT2D eigenvalue weighted by Gasteiger charge is 2.24. The van der Waals surface area contributed by atoms with Crippen molar-refractivity contribution in [2.45, 2.75) is 36.9 Å². The van der Waals surface area contributed by atoms with Crippen LogP contribution in [0.1, 0.15) is 19.8 Å². The van der Waals surface area contributed by atoms with Crippen molar-refractivity contribution < 1.29 is 22.7 Å². The standard InChI is InChI=1S/C18H21NO5S/c1-13(24-12-16-7-4-10-23-16)18(20)19-25(21,22)17-9-8-14-5-2-3-6-15(14)11-17/h2-3,5-6,8-9,11,13,16H,4,7,10,12H2,1H3,(H,19,20)/t13-,16-/m1/s1. The van der Waals surface area contributed by atoms with Crippen LogP contribution in [0.5, 0.6) is 0 Å². The Balaban J connectivity index is 1.65. The van der Waals surface area contributed by atoms with Crippen LogP contribution in [0.25, 0.3) is 10.8 Å². The van der Waals surface area contributed by atoms with E-state index < -0.39 is 22.0 Å². The summed E-state index contributed by atoms with van der Waals surface area (Å²) in [7, 11) is -3.94. The molecule has 1 amide bonds. The van der Waals surface area contributed by atoms with Gasteiger partial charge in [0.1, 0.15) is 6.10 Å². The van der Waals surface area contributed by atoms with Crippen molar-refractivity contribution in [2.75, 3.05) is 13.2 Å². The van der Waals surface area contributed by atoms with E-state index in [-0.39, 0.29) is 17.6 Å². The van der Waals surface area contributed by atoms with E-state index in [1.807, 2.05) is 24.3 Å². The first-order valence-electron chi connectivity index (χ1n) is 8.24. The molecule has 2 aromatic carbocycles. The van der Waals surface area contributed by atoms with E-state index in [1.165, 1.54) is 13.0 Å². The van der Waals surface area contributed by atoms with Crippen molar-refractivity contribution in [1.29, 1.82) is 0 Å². The fraction of sp³-hybridized carbons (Fsp3) is 0.389. The molecular weight excluding hydrogens is 342 g/mol. The number of sulfonamides is 1. The summed E-state index contributed by atoms with van der Waals surface area (Å²) in [5, 5.41) is 1.72. The molecule has 1 N–H and O–H groups in total. The van der Waals surface area contributed by atoms with Gasteiger partial charge in [-0.2, -0.15) is 0 Å². The Hall–Kier alpha value is -1.96. The first kappa shape index (κ1) is 17.8. The summed E-state index contributed by atoms with van der Waals surface area (Å²) < 4.78 is 37.8. The quantitative estimate of drug-likeness (QED) is 0.851. The van der Waals surface area contributed by atoms with Gasteiger partial charge in [0.2, 0.25) is 0 Å². The molecule has 1 fully saturated rings. The Kier molecular flexibility index (Phi) is 5.36. The average Bonchev–Trinajstić information content (AvgIpc) is 3.12. The summed E-state index contributed by atoms with van der Waals surface area (Å²) >= 11 is 0. The molecule has 134 valence electrons. The van der Waals surface area contributed by atoms with E-state index in [9.17, 15) is 13.2 Å². The Labute approximate surface area is 147 Å². The minimum atomic E-state index is -3.94. The third kappa shape index (κ3) is 4.36. The molecule has 3 rings (SSSR count). The average molecular weight is 363 g/mol. The third-order valence-corrected chi connectivity index (χ3v) is 5.54. The third-order valence-electron chi connectivity index (χ3n) is 4.19. The fourth-order valence-corrected chi connectivity index (χ4v) is 3.79. The van der Waals surface area contributed by atoms with Gasteiger partial charge in [-0.25, -0.2) is 13.1 Å². The first-order valence-corrected chi connectivity index (χ1v) is 9.73. The molecule has 25 heavy (non-hydrogen) atoms. The molecule has 1 saturated heterocycles. The lowest BCUT2D eigenvalue weighted by molar-refractivity contribution is -0.131. The molecule has 2 aromatic rings. The van der Waals surface area contributed by atoms with E-state index in [0.29, 0.717) is 6.61 Å². The maximum atomic E-state index is 12.4.